The molecule has 0 spiro atoms. The second kappa shape index (κ2) is 3.90. The first-order valence-electron chi connectivity index (χ1n) is 4.82. The number of carbonyl (C=O) groups is 1. The van der Waals surface area contributed by atoms with Crippen LogP contribution in [-0.2, 0) is 17.8 Å². The Morgan fingerprint density at radius 3 is 3.00 bits per heavy atom. The van der Waals surface area contributed by atoms with Crippen LogP contribution in [0.2, 0.25) is 0 Å². The number of aliphatic carboxylic acids is 1. The number of rotatable bonds is 2. The van der Waals surface area contributed by atoms with Crippen LogP contribution in [0, 0.1) is 0 Å². The molecule has 0 fully saturated rings. The van der Waals surface area contributed by atoms with Gasteiger partial charge in [-0.25, -0.2) is 0 Å². The number of nitrogens with one attached hydrogen (secondary N) is 1. The van der Waals surface area contributed by atoms with E-state index in [1.54, 1.807) is 7.11 Å². The van der Waals surface area contributed by atoms with E-state index in [0.29, 0.717) is 13.0 Å². The van der Waals surface area contributed by atoms with E-state index in [4.69, 9.17) is 9.84 Å². The van der Waals surface area contributed by atoms with E-state index >= 15 is 0 Å². The number of benzene rings is 1. The van der Waals surface area contributed by atoms with Crippen LogP contribution in [0.1, 0.15) is 11.1 Å². The van der Waals surface area contributed by atoms with Gasteiger partial charge in [0.25, 0.3) is 0 Å². The van der Waals surface area contributed by atoms with Gasteiger partial charge >= 0.3 is 5.97 Å². The molecule has 15 heavy (non-hydrogen) atoms. The average molecular weight is 207 g/mol. The van der Waals surface area contributed by atoms with E-state index in [1.807, 2.05) is 18.2 Å². The summed E-state index contributed by atoms with van der Waals surface area (Å²) in [7, 11) is 1.62. The maximum Gasteiger partial charge on any atom is 0.321 e. The molecule has 0 saturated carbocycles. The maximum atomic E-state index is 10.8. The smallest absolute Gasteiger partial charge is 0.321 e. The summed E-state index contributed by atoms with van der Waals surface area (Å²) < 4.78 is 5.11. The summed E-state index contributed by atoms with van der Waals surface area (Å²) in [5.74, 6) is 0.0146. The summed E-state index contributed by atoms with van der Waals surface area (Å²) in [6.45, 7) is 0.587. The van der Waals surface area contributed by atoms with Gasteiger partial charge in [-0.05, 0) is 29.7 Å². The summed E-state index contributed by atoms with van der Waals surface area (Å²) in [6.07, 6.45) is 0.536. The minimum Gasteiger partial charge on any atom is -0.497 e. The van der Waals surface area contributed by atoms with Crippen molar-refractivity contribution in [3.05, 3.63) is 29.3 Å². The lowest BCUT2D eigenvalue weighted by Gasteiger charge is -2.23. The lowest BCUT2D eigenvalue weighted by Crippen LogP contribution is -2.41. The van der Waals surface area contributed by atoms with Crippen molar-refractivity contribution in [3.63, 3.8) is 0 Å². The molecule has 1 atom stereocenters. The standard InChI is InChI=1S/C11H13NO3/c1-15-9-3-2-7-5-10(11(13)14)12-6-8(7)4-9/h2-4,10,12H,5-6H2,1H3,(H,13,14)/t10-/m0/s1. The Kier molecular flexibility index (Phi) is 2.60. The van der Waals surface area contributed by atoms with Crippen molar-refractivity contribution in [3.8, 4) is 5.75 Å². The molecule has 4 heteroatoms. The summed E-state index contributed by atoms with van der Waals surface area (Å²) in [4.78, 5) is 10.8. The van der Waals surface area contributed by atoms with Crippen LogP contribution in [0.4, 0.5) is 0 Å². The molecule has 0 aromatic heterocycles. The van der Waals surface area contributed by atoms with Gasteiger partial charge in [-0.2, -0.15) is 0 Å². The average Bonchev–Trinajstić information content (AvgIpc) is 2.27. The van der Waals surface area contributed by atoms with Crippen LogP contribution in [0.25, 0.3) is 0 Å². The number of methoxy groups -OCH3 is 1. The molecule has 1 aromatic carbocycles. The van der Waals surface area contributed by atoms with Gasteiger partial charge in [-0.3, -0.25) is 4.79 Å². The number of hydrogen-bond acceptors (Lipinski definition) is 3. The highest BCUT2D eigenvalue weighted by Gasteiger charge is 2.23. The third-order valence-electron chi connectivity index (χ3n) is 2.67. The predicted molar refractivity (Wildman–Crippen MR) is 55.0 cm³/mol. The summed E-state index contributed by atoms with van der Waals surface area (Å²) in [6, 6.07) is 5.28. The molecule has 1 aliphatic rings. The molecular weight excluding hydrogens is 194 g/mol. The number of ether oxygens (including phenoxy) is 1. The van der Waals surface area contributed by atoms with Crippen molar-refractivity contribution >= 4 is 5.97 Å². The Hall–Kier alpha value is -1.55. The van der Waals surface area contributed by atoms with E-state index in [0.717, 1.165) is 16.9 Å². The van der Waals surface area contributed by atoms with Gasteiger partial charge in [0, 0.05) is 6.54 Å². The molecule has 0 aliphatic carbocycles. The highest BCUT2D eigenvalue weighted by molar-refractivity contribution is 5.74. The number of carboxylic acids is 1. The van der Waals surface area contributed by atoms with Crippen LogP contribution in [0.15, 0.2) is 18.2 Å². The van der Waals surface area contributed by atoms with Gasteiger partial charge < -0.3 is 15.2 Å². The first-order chi connectivity index (χ1) is 7.20. The molecule has 1 heterocycles. The quantitative estimate of drug-likeness (QED) is 0.753. The molecule has 0 unspecified atom stereocenters. The molecule has 80 valence electrons. The molecular formula is C11H13NO3. The summed E-state index contributed by atoms with van der Waals surface area (Å²) >= 11 is 0. The third-order valence-corrected chi connectivity index (χ3v) is 2.67. The lowest BCUT2D eigenvalue weighted by molar-refractivity contribution is -0.139. The lowest BCUT2D eigenvalue weighted by atomic mass is 9.96. The SMILES string of the molecule is COc1ccc2c(c1)CN[C@H](C(=O)O)C2. The zero-order chi connectivity index (χ0) is 10.8. The van der Waals surface area contributed by atoms with Gasteiger partial charge in [-0.1, -0.05) is 6.07 Å². The first-order valence-corrected chi connectivity index (χ1v) is 4.82. The number of hydrogen-bond donors (Lipinski definition) is 2. The summed E-state index contributed by atoms with van der Waals surface area (Å²) in [5, 5.41) is 11.8. The van der Waals surface area contributed by atoms with E-state index in [-0.39, 0.29) is 0 Å². The Labute approximate surface area is 87.9 Å². The maximum absolute atomic E-state index is 10.8. The molecule has 0 bridgehead atoms. The Morgan fingerprint density at radius 2 is 2.33 bits per heavy atom. The Bertz CT molecular complexity index is 389. The fourth-order valence-corrected chi connectivity index (χ4v) is 1.79. The van der Waals surface area contributed by atoms with E-state index in [2.05, 4.69) is 5.32 Å². The number of fused-ring (bicyclic) bond motifs is 1. The largest absolute Gasteiger partial charge is 0.497 e. The van der Waals surface area contributed by atoms with E-state index in [1.165, 1.54) is 0 Å². The van der Waals surface area contributed by atoms with Crippen molar-refractivity contribution in [1.29, 1.82) is 0 Å². The van der Waals surface area contributed by atoms with Crippen molar-refractivity contribution in [2.24, 2.45) is 0 Å². The molecule has 2 rings (SSSR count). The fraction of sp³-hybridized carbons (Fsp3) is 0.364. The van der Waals surface area contributed by atoms with Gasteiger partial charge in [0.2, 0.25) is 0 Å². The fourth-order valence-electron chi connectivity index (χ4n) is 1.79. The van der Waals surface area contributed by atoms with Crippen LogP contribution >= 0.6 is 0 Å². The minimum atomic E-state index is -0.795. The zero-order valence-electron chi connectivity index (χ0n) is 8.49. The van der Waals surface area contributed by atoms with Gasteiger partial charge in [0.05, 0.1) is 7.11 Å². The van der Waals surface area contributed by atoms with Crippen molar-refractivity contribution in [1.82, 2.24) is 5.32 Å². The molecule has 0 saturated heterocycles. The molecule has 2 N–H and O–H groups in total. The van der Waals surface area contributed by atoms with Gasteiger partial charge in [0.15, 0.2) is 0 Å². The van der Waals surface area contributed by atoms with Crippen LogP contribution in [-0.4, -0.2) is 24.2 Å². The van der Waals surface area contributed by atoms with Crippen molar-refractivity contribution < 1.29 is 14.6 Å². The highest BCUT2D eigenvalue weighted by Crippen LogP contribution is 2.22. The number of carboxylic acid groups (broad SMARTS) is 1. The minimum absolute atomic E-state index is 0.467. The molecule has 1 aromatic rings. The van der Waals surface area contributed by atoms with Crippen LogP contribution in [0.3, 0.4) is 0 Å². The Balaban J connectivity index is 2.24. The third kappa shape index (κ3) is 1.94. The van der Waals surface area contributed by atoms with Crippen LogP contribution < -0.4 is 10.1 Å². The van der Waals surface area contributed by atoms with Crippen molar-refractivity contribution in [2.75, 3.05) is 7.11 Å². The zero-order valence-corrected chi connectivity index (χ0v) is 8.49. The molecule has 1 aliphatic heterocycles. The summed E-state index contributed by atoms with van der Waals surface area (Å²) in [5.41, 5.74) is 2.20. The Morgan fingerprint density at radius 1 is 1.53 bits per heavy atom. The second-order valence-corrected chi connectivity index (χ2v) is 3.61. The van der Waals surface area contributed by atoms with Crippen LogP contribution in [0.5, 0.6) is 5.75 Å². The van der Waals surface area contributed by atoms with E-state index < -0.39 is 12.0 Å². The molecule has 0 radical (unpaired) electrons. The van der Waals surface area contributed by atoms with E-state index in [9.17, 15) is 4.79 Å². The first kappa shape index (κ1) is 9.98. The second-order valence-electron chi connectivity index (χ2n) is 3.61. The molecule has 4 nitrogen and oxygen atoms in total. The van der Waals surface area contributed by atoms with Gasteiger partial charge in [-0.15, -0.1) is 0 Å². The topological polar surface area (TPSA) is 58.6 Å². The predicted octanol–water partition coefficient (Wildman–Crippen LogP) is 0.794. The van der Waals surface area contributed by atoms with Crippen molar-refractivity contribution in [2.45, 2.75) is 19.0 Å². The molecule has 0 amide bonds. The highest BCUT2D eigenvalue weighted by atomic mass is 16.5. The normalized spacial score (nSPS) is 19.4. The monoisotopic (exact) mass is 207 g/mol. The van der Waals surface area contributed by atoms with Gasteiger partial charge in [0.1, 0.15) is 11.8 Å².